The number of nitrogens with one attached hydrogen (secondary N) is 1. The maximum absolute atomic E-state index is 13.6. The number of piperidine rings is 1. The van der Waals surface area contributed by atoms with Crippen molar-refractivity contribution in [3.05, 3.63) is 29.6 Å². The topological polar surface area (TPSA) is 15.3 Å². The molecule has 1 N–H and O–H groups in total. The zero-order valence-electron chi connectivity index (χ0n) is 13.1. The molecule has 112 valence electrons. The van der Waals surface area contributed by atoms with Crippen LogP contribution in [0.25, 0.3) is 0 Å². The van der Waals surface area contributed by atoms with Gasteiger partial charge in [-0.3, -0.25) is 0 Å². The fraction of sp³-hybridized carbons (Fsp3) is 0.647. The van der Waals surface area contributed by atoms with Crippen LogP contribution in [-0.4, -0.2) is 19.6 Å². The first-order chi connectivity index (χ1) is 9.51. The molecule has 1 aromatic carbocycles. The van der Waals surface area contributed by atoms with Crippen LogP contribution in [0.5, 0.6) is 0 Å². The Morgan fingerprint density at radius 3 is 2.55 bits per heavy atom. The second kappa shape index (κ2) is 6.57. The minimum atomic E-state index is -0.147. The summed E-state index contributed by atoms with van der Waals surface area (Å²) in [6.45, 7) is 11.8. The van der Waals surface area contributed by atoms with Crippen molar-refractivity contribution in [2.45, 2.75) is 40.2 Å². The van der Waals surface area contributed by atoms with Gasteiger partial charge in [-0.1, -0.05) is 20.8 Å². The first-order valence-electron chi connectivity index (χ1n) is 7.79. The van der Waals surface area contributed by atoms with Crippen molar-refractivity contribution in [2.75, 3.05) is 24.5 Å². The van der Waals surface area contributed by atoms with Crippen LogP contribution >= 0.6 is 0 Å². The fourth-order valence-electron chi connectivity index (χ4n) is 3.44. The van der Waals surface area contributed by atoms with Crippen LogP contribution in [0.4, 0.5) is 10.1 Å². The summed E-state index contributed by atoms with van der Waals surface area (Å²) in [6, 6.07) is 5.40. The smallest absolute Gasteiger partial charge is 0.123 e. The van der Waals surface area contributed by atoms with Gasteiger partial charge < -0.3 is 10.2 Å². The van der Waals surface area contributed by atoms with Gasteiger partial charge >= 0.3 is 0 Å². The Morgan fingerprint density at radius 1 is 1.30 bits per heavy atom. The molecular formula is C17H27FN2. The summed E-state index contributed by atoms with van der Waals surface area (Å²) in [4.78, 5) is 2.43. The standard InChI is InChI=1S/C17H27FN2/c1-5-19-14(4)16-9-15(18)6-7-17(16)20-10-12(2)8-13(3)11-20/h6-7,9,12-14,19H,5,8,10-11H2,1-4H3. The van der Waals surface area contributed by atoms with Gasteiger partial charge in [0.1, 0.15) is 5.82 Å². The summed E-state index contributed by atoms with van der Waals surface area (Å²) >= 11 is 0. The van der Waals surface area contributed by atoms with Crippen molar-refractivity contribution in [3.8, 4) is 0 Å². The minimum Gasteiger partial charge on any atom is -0.371 e. The molecule has 3 atom stereocenters. The minimum absolute atomic E-state index is 0.147. The van der Waals surface area contributed by atoms with E-state index in [4.69, 9.17) is 0 Å². The molecule has 0 spiro atoms. The van der Waals surface area contributed by atoms with E-state index in [1.807, 2.05) is 6.07 Å². The highest BCUT2D eigenvalue weighted by Crippen LogP contribution is 2.32. The van der Waals surface area contributed by atoms with Gasteiger partial charge in [-0.15, -0.1) is 0 Å². The van der Waals surface area contributed by atoms with Gasteiger partial charge in [-0.25, -0.2) is 4.39 Å². The molecule has 2 nitrogen and oxygen atoms in total. The molecule has 0 bridgehead atoms. The Hall–Kier alpha value is -1.09. The molecule has 0 amide bonds. The van der Waals surface area contributed by atoms with Crippen LogP contribution in [-0.2, 0) is 0 Å². The Labute approximate surface area is 122 Å². The lowest BCUT2D eigenvalue weighted by molar-refractivity contribution is 0.356. The number of nitrogens with zero attached hydrogens (tertiary/aromatic N) is 1. The van der Waals surface area contributed by atoms with Crippen LogP contribution in [0, 0.1) is 17.7 Å². The maximum atomic E-state index is 13.6. The molecule has 1 saturated heterocycles. The summed E-state index contributed by atoms with van der Waals surface area (Å²) < 4.78 is 13.6. The maximum Gasteiger partial charge on any atom is 0.123 e. The lowest BCUT2D eigenvalue weighted by Gasteiger charge is -2.38. The van der Waals surface area contributed by atoms with E-state index in [1.165, 1.54) is 12.1 Å². The van der Waals surface area contributed by atoms with Crippen LogP contribution in [0.1, 0.15) is 45.7 Å². The van der Waals surface area contributed by atoms with E-state index in [-0.39, 0.29) is 11.9 Å². The van der Waals surface area contributed by atoms with Crippen LogP contribution in [0.15, 0.2) is 18.2 Å². The number of rotatable bonds is 4. The van der Waals surface area contributed by atoms with E-state index in [1.54, 1.807) is 12.1 Å². The molecule has 0 aliphatic carbocycles. The molecule has 1 aliphatic heterocycles. The van der Waals surface area contributed by atoms with Crippen molar-refractivity contribution in [3.63, 3.8) is 0 Å². The van der Waals surface area contributed by atoms with E-state index in [0.717, 1.165) is 25.2 Å². The monoisotopic (exact) mass is 278 g/mol. The summed E-state index contributed by atoms with van der Waals surface area (Å²) in [7, 11) is 0. The second-order valence-electron chi connectivity index (χ2n) is 6.33. The number of benzene rings is 1. The predicted octanol–water partition coefficient (Wildman–Crippen LogP) is 3.98. The molecular weight excluding hydrogens is 251 g/mol. The first kappa shape index (κ1) is 15.3. The zero-order chi connectivity index (χ0) is 14.7. The fourth-order valence-corrected chi connectivity index (χ4v) is 3.44. The van der Waals surface area contributed by atoms with Gasteiger partial charge in [0.15, 0.2) is 0 Å². The van der Waals surface area contributed by atoms with Crippen molar-refractivity contribution in [1.82, 2.24) is 5.32 Å². The Morgan fingerprint density at radius 2 is 1.95 bits per heavy atom. The Balaban J connectivity index is 2.30. The van der Waals surface area contributed by atoms with Gasteiger partial charge in [0, 0.05) is 24.8 Å². The van der Waals surface area contributed by atoms with Crippen molar-refractivity contribution in [1.29, 1.82) is 0 Å². The third-order valence-corrected chi connectivity index (χ3v) is 4.18. The molecule has 0 aromatic heterocycles. The number of hydrogen-bond donors (Lipinski definition) is 1. The van der Waals surface area contributed by atoms with Crippen molar-refractivity contribution < 1.29 is 4.39 Å². The van der Waals surface area contributed by atoms with E-state index >= 15 is 0 Å². The normalized spacial score (nSPS) is 24.8. The van der Waals surface area contributed by atoms with Crippen LogP contribution in [0.2, 0.25) is 0 Å². The molecule has 1 aliphatic rings. The Bertz CT molecular complexity index is 437. The van der Waals surface area contributed by atoms with Gasteiger partial charge in [0.25, 0.3) is 0 Å². The van der Waals surface area contributed by atoms with E-state index in [2.05, 4.69) is 37.9 Å². The van der Waals surface area contributed by atoms with Crippen LogP contribution in [0.3, 0.4) is 0 Å². The highest BCUT2D eigenvalue weighted by Gasteiger charge is 2.24. The summed E-state index contributed by atoms with van der Waals surface area (Å²) in [6.07, 6.45) is 1.29. The average Bonchev–Trinajstić information content (AvgIpc) is 2.37. The predicted molar refractivity (Wildman–Crippen MR) is 83.6 cm³/mol. The second-order valence-corrected chi connectivity index (χ2v) is 6.33. The van der Waals surface area contributed by atoms with E-state index in [0.29, 0.717) is 11.8 Å². The third kappa shape index (κ3) is 3.51. The van der Waals surface area contributed by atoms with Gasteiger partial charge in [-0.2, -0.15) is 0 Å². The molecule has 3 unspecified atom stereocenters. The van der Waals surface area contributed by atoms with Crippen molar-refractivity contribution in [2.24, 2.45) is 11.8 Å². The molecule has 1 aromatic rings. The largest absolute Gasteiger partial charge is 0.371 e. The average molecular weight is 278 g/mol. The third-order valence-electron chi connectivity index (χ3n) is 4.18. The number of halogens is 1. The molecule has 20 heavy (non-hydrogen) atoms. The van der Waals surface area contributed by atoms with Gasteiger partial charge in [0.2, 0.25) is 0 Å². The molecule has 3 heteroatoms. The van der Waals surface area contributed by atoms with E-state index in [9.17, 15) is 4.39 Å². The lowest BCUT2D eigenvalue weighted by atomic mass is 9.90. The lowest BCUT2D eigenvalue weighted by Crippen LogP contribution is -2.39. The first-order valence-corrected chi connectivity index (χ1v) is 7.79. The van der Waals surface area contributed by atoms with Crippen molar-refractivity contribution >= 4 is 5.69 Å². The summed E-state index contributed by atoms with van der Waals surface area (Å²) in [5.74, 6) is 1.25. The SMILES string of the molecule is CCNC(C)c1cc(F)ccc1N1CC(C)CC(C)C1. The molecule has 0 radical (unpaired) electrons. The molecule has 1 heterocycles. The summed E-state index contributed by atoms with van der Waals surface area (Å²) in [5, 5.41) is 3.40. The van der Waals surface area contributed by atoms with Crippen LogP contribution < -0.4 is 10.2 Å². The zero-order valence-corrected chi connectivity index (χ0v) is 13.1. The number of hydrogen-bond acceptors (Lipinski definition) is 2. The molecule has 1 fully saturated rings. The molecule has 2 rings (SSSR count). The summed E-state index contributed by atoms with van der Waals surface area (Å²) in [5.41, 5.74) is 2.27. The quantitative estimate of drug-likeness (QED) is 0.896. The van der Waals surface area contributed by atoms with Gasteiger partial charge in [-0.05, 0) is 55.5 Å². The number of anilines is 1. The highest BCUT2D eigenvalue weighted by atomic mass is 19.1. The highest BCUT2D eigenvalue weighted by molar-refractivity contribution is 5.55. The van der Waals surface area contributed by atoms with Gasteiger partial charge in [0.05, 0.1) is 0 Å². The molecule has 0 saturated carbocycles. The van der Waals surface area contributed by atoms with E-state index < -0.39 is 0 Å². The Kier molecular flexibility index (Phi) is 5.03.